The quantitative estimate of drug-likeness (QED) is 0.657. The summed E-state index contributed by atoms with van der Waals surface area (Å²) in [5, 5.41) is 9.31. The van der Waals surface area contributed by atoms with Crippen LogP contribution in [0, 0.1) is 17.6 Å². The Labute approximate surface area is 165 Å². The van der Waals surface area contributed by atoms with Crippen LogP contribution in [0.3, 0.4) is 0 Å². The average molecular weight is 404 g/mol. The molecule has 1 aliphatic carbocycles. The third-order valence-electron chi connectivity index (χ3n) is 4.72. The van der Waals surface area contributed by atoms with Crippen LogP contribution in [0.15, 0.2) is 72.1 Å². The monoisotopic (exact) mass is 404 g/mol. The molecule has 28 heavy (non-hydrogen) atoms. The second-order valence-electron chi connectivity index (χ2n) is 6.74. The van der Waals surface area contributed by atoms with E-state index < -0.39 is 28.2 Å². The van der Waals surface area contributed by atoms with Gasteiger partial charge in [-0.15, -0.1) is 11.8 Å². The Kier molecular flexibility index (Phi) is 5.98. The van der Waals surface area contributed by atoms with Crippen LogP contribution in [-0.4, -0.2) is 16.8 Å². The fourth-order valence-corrected chi connectivity index (χ4v) is 4.76. The molecule has 0 saturated carbocycles. The Morgan fingerprint density at radius 3 is 2.00 bits per heavy atom. The maximum absolute atomic E-state index is 15.1. The van der Waals surface area contributed by atoms with E-state index in [4.69, 9.17) is 0 Å². The van der Waals surface area contributed by atoms with Crippen LogP contribution in [-0.2, 0) is 9.54 Å². The van der Waals surface area contributed by atoms with Gasteiger partial charge >= 0.3 is 5.97 Å². The van der Waals surface area contributed by atoms with Crippen molar-refractivity contribution in [1.29, 1.82) is 0 Å². The SMILES string of the molecule is CC1C=CC(F)=C(C(SCC(=O)O)(c2ccc(F)cc2)c2ccc(F)cc2)C1. The molecule has 0 saturated heterocycles. The van der Waals surface area contributed by atoms with Crippen molar-refractivity contribution in [2.75, 3.05) is 5.75 Å². The first-order valence-electron chi connectivity index (χ1n) is 8.78. The fraction of sp³-hybridized carbons (Fsp3) is 0.227. The molecule has 2 aromatic carbocycles. The summed E-state index contributed by atoms with van der Waals surface area (Å²) in [5.74, 6) is -2.68. The number of carbonyl (C=O) groups is 1. The number of thioether (sulfide) groups is 1. The van der Waals surface area contributed by atoms with Gasteiger partial charge in [-0.05, 0) is 59.4 Å². The molecule has 1 aliphatic rings. The van der Waals surface area contributed by atoms with E-state index in [1.54, 1.807) is 6.08 Å². The summed E-state index contributed by atoms with van der Waals surface area (Å²) >= 11 is 1.03. The number of hydrogen-bond acceptors (Lipinski definition) is 2. The lowest BCUT2D eigenvalue weighted by molar-refractivity contribution is -0.133. The predicted molar refractivity (Wildman–Crippen MR) is 105 cm³/mol. The number of hydrogen-bond donors (Lipinski definition) is 1. The molecule has 0 aliphatic heterocycles. The summed E-state index contributed by atoms with van der Waals surface area (Å²) in [6.45, 7) is 1.94. The molecule has 0 aromatic heterocycles. The second-order valence-corrected chi connectivity index (χ2v) is 7.93. The minimum absolute atomic E-state index is 0.0419. The van der Waals surface area contributed by atoms with Gasteiger partial charge in [0.1, 0.15) is 17.5 Å². The lowest BCUT2D eigenvalue weighted by Gasteiger charge is -2.38. The largest absolute Gasteiger partial charge is 0.481 e. The van der Waals surface area contributed by atoms with E-state index in [2.05, 4.69) is 0 Å². The summed E-state index contributed by atoms with van der Waals surface area (Å²) in [6.07, 6.45) is 3.50. The molecule has 1 unspecified atom stereocenters. The lowest BCUT2D eigenvalue weighted by atomic mass is 9.78. The van der Waals surface area contributed by atoms with Gasteiger partial charge in [0.15, 0.2) is 0 Å². The normalized spacial score (nSPS) is 17.1. The predicted octanol–water partition coefficient (Wildman–Crippen LogP) is 5.85. The third-order valence-corrected chi connectivity index (χ3v) is 6.27. The summed E-state index contributed by atoms with van der Waals surface area (Å²) in [6, 6.07) is 11.1. The first kappa shape index (κ1) is 20.3. The van der Waals surface area contributed by atoms with E-state index in [1.165, 1.54) is 54.6 Å². The maximum Gasteiger partial charge on any atom is 0.313 e. The van der Waals surface area contributed by atoms with Crippen molar-refractivity contribution in [3.63, 3.8) is 0 Å². The number of allylic oxidation sites excluding steroid dienone is 3. The molecule has 6 heteroatoms. The molecule has 0 heterocycles. The number of carboxylic acid groups (broad SMARTS) is 1. The van der Waals surface area contributed by atoms with Gasteiger partial charge in [0, 0.05) is 0 Å². The average Bonchev–Trinajstić information content (AvgIpc) is 2.67. The van der Waals surface area contributed by atoms with Crippen molar-refractivity contribution in [3.8, 4) is 0 Å². The van der Waals surface area contributed by atoms with E-state index in [-0.39, 0.29) is 11.7 Å². The molecule has 1 N–H and O–H groups in total. The van der Waals surface area contributed by atoms with Gasteiger partial charge < -0.3 is 5.11 Å². The zero-order valence-corrected chi connectivity index (χ0v) is 16.0. The van der Waals surface area contributed by atoms with Gasteiger partial charge in [0.25, 0.3) is 0 Å². The molecule has 0 bridgehead atoms. The highest BCUT2D eigenvalue weighted by molar-refractivity contribution is 8.01. The van der Waals surface area contributed by atoms with Gasteiger partial charge in [0.05, 0.1) is 10.5 Å². The summed E-state index contributed by atoms with van der Waals surface area (Å²) in [5.41, 5.74) is 1.48. The summed E-state index contributed by atoms with van der Waals surface area (Å²) < 4.78 is 41.0. The van der Waals surface area contributed by atoms with Gasteiger partial charge in [-0.2, -0.15) is 0 Å². The highest BCUT2D eigenvalue weighted by Gasteiger charge is 2.42. The van der Waals surface area contributed by atoms with Crippen LogP contribution in [0.5, 0.6) is 0 Å². The van der Waals surface area contributed by atoms with Crippen molar-refractivity contribution < 1.29 is 23.1 Å². The molecule has 0 fully saturated rings. The molecule has 0 spiro atoms. The molecule has 3 rings (SSSR count). The van der Waals surface area contributed by atoms with E-state index in [0.717, 1.165) is 11.8 Å². The van der Waals surface area contributed by atoms with Crippen LogP contribution in [0.2, 0.25) is 0 Å². The van der Waals surface area contributed by atoms with Crippen LogP contribution in [0.1, 0.15) is 24.5 Å². The van der Waals surface area contributed by atoms with E-state index in [1.807, 2.05) is 6.92 Å². The van der Waals surface area contributed by atoms with Crippen molar-refractivity contribution in [1.82, 2.24) is 0 Å². The van der Waals surface area contributed by atoms with E-state index >= 15 is 4.39 Å². The Balaban J connectivity index is 2.30. The van der Waals surface area contributed by atoms with Crippen molar-refractivity contribution in [3.05, 3.63) is 94.8 Å². The molecule has 0 amide bonds. The third kappa shape index (κ3) is 4.02. The fourth-order valence-electron chi connectivity index (χ4n) is 3.46. The molecule has 146 valence electrons. The summed E-state index contributed by atoms with van der Waals surface area (Å²) in [4.78, 5) is 11.4. The van der Waals surface area contributed by atoms with E-state index in [0.29, 0.717) is 23.1 Å². The highest BCUT2D eigenvalue weighted by Crippen LogP contribution is 2.52. The Morgan fingerprint density at radius 2 is 1.54 bits per heavy atom. The van der Waals surface area contributed by atoms with Gasteiger partial charge in [-0.3, -0.25) is 4.79 Å². The molecule has 2 aromatic rings. The zero-order chi connectivity index (χ0) is 20.3. The first-order chi connectivity index (χ1) is 13.3. The van der Waals surface area contributed by atoms with Crippen LogP contribution in [0.25, 0.3) is 0 Å². The van der Waals surface area contributed by atoms with Gasteiger partial charge in [0.2, 0.25) is 0 Å². The Hall–Kier alpha value is -2.47. The molecular formula is C22H19F3O2S. The van der Waals surface area contributed by atoms with Crippen molar-refractivity contribution in [2.45, 2.75) is 18.1 Å². The number of carboxylic acids is 1. The molecular weight excluding hydrogens is 385 g/mol. The Bertz CT molecular complexity index is 872. The highest BCUT2D eigenvalue weighted by atomic mass is 32.2. The van der Waals surface area contributed by atoms with Gasteiger partial charge in [-0.1, -0.05) is 37.3 Å². The topological polar surface area (TPSA) is 37.3 Å². The van der Waals surface area contributed by atoms with Crippen LogP contribution >= 0.6 is 11.8 Å². The van der Waals surface area contributed by atoms with Crippen molar-refractivity contribution in [2.24, 2.45) is 5.92 Å². The number of rotatable bonds is 6. The second kappa shape index (κ2) is 8.27. The number of halogens is 3. The smallest absolute Gasteiger partial charge is 0.313 e. The standard InChI is InChI=1S/C22H19F3O2S/c1-14-2-11-20(25)19(12-14)22(28-13-21(26)27,15-3-7-17(23)8-4-15)16-5-9-18(24)10-6-16/h2-11,14H,12-13H2,1H3,(H,26,27). The number of aliphatic carboxylic acids is 1. The lowest BCUT2D eigenvalue weighted by Crippen LogP contribution is -2.30. The first-order valence-corrected chi connectivity index (χ1v) is 9.76. The minimum atomic E-state index is -1.22. The number of benzene rings is 2. The molecule has 2 nitrogen and oxygen atoms in total. The maximum atomic E-state index is 15.1. The zero-order valence-electron chi connectivity index (χ0n) is 15.2. The van der Waals surface area contributed by atoms with Crippen molar-refractivity contribution >= 4 is 17.7 Å². The summed E-state index contributed by atoms with van der Waals surface area (Å²) in [7, 11) is 0. The van der Waals surface area contributed by atoms with Crippen LogP contribution < -0.4 is 0 Å². The van der Waals surface area contributed by atoms with Crippen LogP contribution in [0.4, 0.5) is 13.2 Å². The Morgan fingerprint density at radius 1 is 1.04 bits per heavy atom. The molecule has 0 radical (unpaired) electrons. The van der Waals surface area contributed by atoms with E-state index in [9.17, 15) is 18.7 Å². The molecule has 1 atom stereocenters. The minimum Gasteiger partial charge on any atom is -0.481 e. The van der Waals surface area contributed by atoms with Gasteiger partial charge in [-0.25, -0.2) is 13.2 Å².